The summed E-state index contributed by atoms with van der Waals surface area (Å²) in [6, 6.07) is 30.1. The zero-order valence-electron chi connectivity index (χ0n) is 33.1. The fourth-order valence-corrected chi connectivity index (χ4v) is 9.17. The summed E-state index contributed by atoms with van der Waals surface area (Å²) in [6.07, 6.45) is 0. The van der Waals surface area contributed by atoms with Crippen LogP contribution in [0.5, 0.6) is 11.5 Å². The van der Waals surface area contributed by atoms with E-state index in [2.05, 4.69) is 149 Å². The van der Waals surface area contributed by atoms with Gasteiger partial charge in [-0.25, -0.2) is 4.57 Å². The monoisotopic (exact) mass is 724 g/mol. The van der Waals surface area contributed by atoms with Gasteiger partial charge < -0.3 is 9.05 Å². The molecule has 4 nitrogen and oxygen atoms in total. The number of hydrogen-bond acceptors (Lipinski definition) is 3. The normalized spacial score (nSPS) is 15.7. The van der Waals surface area contributed by atoms with Crippen LogP contribution in [0.1, 0.15) is 132 Å². The molecular formula is C48H53O4P. The Bertz CT molecular complexity index is 2390. The van der Waals surface area contributed by atoms with Gasteiger partial charge in [0.1, 0.15) is 11.5 Å². The van der Waals surface area contributed by atoms with Crippen molar-refractivity contribution < 1.29 is 18.5 Å². The molecule has 53 heavy (non-hydrogen) atoms. The summed E-state index contributed by atoms with van der Waals surface area (Å²) in [5, 5.41) is 3.93. The minimum atomic E-state index is -4.74. The van der Waals surface area contributed by atoms with E-state index < -0.39 is 7.82 Å². The molecule has 274 valence electrons. The lowest BCUT2D eigenvalue weighted by atomic mass is 9.79. The summed E-state index contributed by atoms with van der Waals surface area (Å²) in [5.41, 5.74) is 12.5. The Morgan fingerprint density at radius 2 is 0.849 bits per heavy atom. The second-order valence-electron chi connectivity index (χ2n) is 16.5. The first-order valence-corrected chi connectivity index (χ1v) is 20.7. The topological polar surface area (TPSA) is 55.8 Å². The van der Waals surface area contributed by atoms with Crippen LogP contribution in [0, 0.1) is 6.92 Å². The number of phosphoric ester groups is 1. The molecule has 7 rings (SSSR count). The lowest BCUT2D eigenvalue weighted by Gasteiger charge is -2.26. The highest BCUT2D eigenvalue weighted by molar-refractivity contribution is 7.48. The number of fused-ring (bicyclic) bond motifs is 7. The highest BCUT2D eigenvalue weighted by Gasteiger charge is 2.39. The fraction of sp³-hybridized carbons (Fsp3) is 0.333. The molecule has 0 spiro atoms. The van der Waals surface area contributed by atoms with E-state index >= 15 is 0 Å². The number of rotatable bonds is 7. The van der Waals surface area contributed by atoms with Gasteiger partial charge in [-0.15, -0.1) is 0 Å². The first-order valence-electron chi connectivity index (χ1n) is 19.2. The van der Waals surface area contributed by atoms with Crippen molar-refractivity contribution in [1.29, 1.82) is 0 Å². The molecule has 0 fully saturated rings. The molecule has 1 aliphatic rings. The molecule has 1 aliphatic heterocycles. The Balaban J connectivity index is 1.74. The van der Waals surface area contributed by atoms with Crippen LogP contribution in [0.3, 0.4) is 0 Å². The van der Waals surface area contributed by atoms with Crippen LogP contribution in [0.25, 0.3) is 54.9 Å². The first-order chi connectivity index (χ1) is 25.1. The maximum absolute atomic E-state index is 14.6. The lowest BCUT2D eigenvalue weighted by Crippen LogP contribution is -2.06. The zero-order chi connectivity index (χ0) is 38.1. The molecule has 0 aromatic heterocycles. The van der Waals surface area contributed by atoms with E-state index in [-0.39, 0.29) is 23.7 Å². The molecule has 6 aromatic carbocycles. The van der Waals surface area contributed by atoms with Crippen molar-refractivity contribution in [2.75, 3.05) is 0 Å². The van der Waals surface area contributed by atoms with Gasteiger partial charge in [-0.2, -0.15) is 0 Å². The van der Waals surface area contributed by atoms with Crippen LogP contribution in [0.4, 0.5) is 0 Å². The molecular weight excluding hydrogens is 671 g/mol. The summed E-state index contributed by atoms with van der Waals surface area (Å²) in [5.74, 6) is 1.89. The van der Waals surface area contributed by atoms with Crippen molar-refractivity contribution in [2.45, 2.75) is 106 Å². The SMILES string of the molecule is Cc1cc(C(C)C)c(-c2cc3ccccc3c3c2OP(=O)(O)Oc2c(-c4c(C(C)C)cc(C(C)C)cc4C(C)C)cc4ccccc4c2-3)c(C(C)C)c1. The Labute approximate surface area is 315 Å². The van der Waals surface area contributed by atoms with Crippen molar-refractivity contribution in [3.05, 3.63) is 118 Å². The Hall–Kier alpha value is -4.37. The van der Waals surface area contributed by atoms with Gasteiger partial charge in [-0.1, -0.05) is 148 Å². The van der Waals surface area contributed by atoms with Gasteiger partial charge in [-0.3, -0.25) is 4.89 Å². The van der Waals surface area contributed by atoms with E-state index in [0.29, 0.717) is 17.4 Å². The molecule has 1 N–H and O–H groups in total. The third-order valence-corrected chi connectivity index (χ3v) is 11.8. The molecule has 0 amide bonds. The van der Waals surface area contributed by atoms with Gasteiger partial charge in [0, 0.05) is 22.3 Å². The number of phosphoric acid groups is 1. The highest BCUT2D eigenvalue weighted by atomic mass is 31.2. The maximum Gasteiger partial charge on any atom is 0.584 e. The minimum absolute atomic E-state index is 0.191. The Morgan fingerprint density at radius 3 is 1.21 bits per heavy atom. The molecule has 1 atom stereocenters. The van der Waals surface area contributed by atoms with Gasteiger partial charge in [0.05, 0.1) is 0 Å². The zero-order valence-corrected chi connectivity index (χ0v) is 34.0. The van der Waals surface area contributed by atoms with Crippen LogP contribution < -0.4 is 9.05 Å². The summed E-state index contributed by atoms with van der Waals surface area (Å²) < 4.78 is 27.5. The van der Waals surface area contributed by atoms with Crippen LogP contribution in [0.2, 0.25) is 0 Å². The third kappa shape index (κ3) is 6.49. The van der Waals surface area contributed by atoms with Crippen molar-refractivity contribution in [2.24, 2.45) is 0 Å². The van der Waals surface area contributed by atoms with E-state index in [0.717, 1.165) is 54.9 Å². The average Bonchev–Trinajstić information content (AvgIpc) is 3.23. The standard InChI is InChI=1S/C48H53O4P/c1-26(2)34-24-39(29(7)8)44(40(25-34)30(9)10)42-23-33-17-13-15-19-36(33)46-45-35-18-14-12-16-32(35)22-41(47(45)51-53(49,50)52-48(42)46)43-37(27(3)4)20-31(11)21-38(43)28(5)6/h12-30H,1-11H3,(H,49,50). The molecule has 6 aromatic rings. The smallest absolute Gasteiger partial charge is 0.394 e. The number of aryl methyl sites for hydroxylation is 1. The van der Waals surface area contributed by atoms with Crippen LogP contribution >= 0.6 is 7.82 Å². The molecule has 0 bridgehead atoms. The predicted molar refractivity (Wildman–Crippen MR) is 224 cm³/mol. The van der Waals surface area contributed by atoms with E-state index in [1.807, 2.05) is 12.1 Å². The van der Waals surface area contributed by atoms with E-state index in [1.165, 1.54) is 33.4 Å². The van der Waals surface area contributed by atoms with Crippen LogP contribution in [-0.2, 0) is 4.57 Å². The summed E-state index contributed by atoms with van der Waals surface area (Å²) in [4.78, 5) is 11.9. The van der Waals surface area contributed by atoms with Gasteiger partial charge in [0.2, 0.25) is 0 Å². The molecule has 0 saturated heterocycles. The van der Waals surface area contributed by atoms with E-state index in [1.54, 1.807) is 0 Å². The Morgan fingerprint density at radius 1 is 0.491 bits per heavy atom. The fourth-order valence-electron chi connectivity index (χ4n) is 8.30. The van der Waals surface area contributed by atoms with Gasteiger partial charge >= 0.3 is 7.82 Å². The van der Waals surface area contributed by atoms with Crippen molar-refractivity contribution in [1.82, 2.24) is 0 Å². The highest BCUT2D eigenvalue weighted by Crippen LogP contribution is 2.63. The summed E-state index contributed by atoms with van der Waals surface area (Å²) in [7, 11) is -4.74. The van der Waals surface area contributed by atoms with Crippen molar-refractivity contribution in [3.63, 3.8) is 0 Å². The molecule has 1 unspecified atom stereocenters. The van der Waals surface area contributed by atoms with Gasteiger partial charge in [0.25, 0.3) is 0 Å². The maximum atomic E-state index is 14.6. The van der Waals surface area contributed by atoms with Crippen LogP contribution in [-0.4, -0.2) is 4.89 Å². The van der Waals surface area contributed by atoms with Crippen molar-refractivity contribution >= 4 is 29.4 Å². The quantitative estimate of drug-likeness (QED) is 0.167. The number of benzene rings is 6. The predicted octanol–water partition coefficient (Wildman–Crippen LogP) is 14.8. The van der Waals surface area contributed by atoms with Gasteiger partial charge in [-0.05, 0) is 109 Å². The molecule has 1 heterocycles. The van der Waals surface area contributed by atoms with Gasteiger partial charge in [0.15, 0.2) is 0 Å². The lowest BCUT2D eigenvalue weighted by molar-refractivity contribution is 0.295. The molecule has 5 heteroatoms. The summed E-state index contributed by atoms with van der Waals surface area (Å²) in [6.45, 7) is 24.3. The summed E-state index contributed by atoms with van der Waals surface area (Å²) >= 11 is 0. The first kappa shape index (κ1) is 37.0. The molecule has 0 radical (unpaired) electrons. The van der Waals surface area contributed by atoms with E-state index in [4.69, 9.17) is 9.05 Å². The second-order valence-corrected chi connectivity index (χ2v) is 17.8. The molecule has 0 aliphatic carbocycles. The average molecular weight is 725 g/mol. The largest absolute Gasteiger partial charge is 0.584 e. The second kappa shape index (κ2) is 13.8. The Kier molecular flexibility index (Phi) is 9.63. The van der Waals surface area contributed by atoms with Crippen LogP contribution in [0.15, 0.2) is 84.9 Å². The molecule has 0 saturated carbocycles. The van der Waals surface area contributed by atoms with E-state index in [9.17, 15) is 9.46 Å². The number of hydrogen-bond donors (Lipinski definition) is 1. The minimum Gasteiger partial charge on any atom is -0.394 e. The third-order valence-electron chi connectivity index (χ3n) is 10.9. The van der Waals surface area contributed by atoms with Crippen molar-refractivity contribution in [3.8, 4) is 44.9 Å².